The molecule has 2 N–H and O–H groups in total. The van der Waals surface area contributed by atoms with E-state index in [-0.39, 0.29) is 17.4 Å². The number of fused-ring (bicyclic) bond motifs is 1. The fourth-order valence-corrected chi connectivity index (χ4v) is 2.89. The summed E-state index contributed by atoms with van der Waals surface area (Å²) >= 11 is 0. The highest BCUT2D eigenvalue weighted by Gasteiger charge is 2.30. The Balaban J connectivity index is 1.86. The zero-order valence-electron chi connectivity index (χ0n) is 13.4. The number of halogens is 1. The van der Waals surface area contributed by atoms with Gasteiger partial charge in [-0.2, -0.15) is 0 Å². The van der Waals surface area contributed by atoms with Crippen LogP contribution in [0.1, 0.15) is 30.5 Å². The molecule has 1 amide bonds. The van der Waals surface area contributed by atoms with E-state index in [0.29, 0.717) is 18.5 Å². The molecule has 2 aromatic rings. The van der Waals surface area contributed by atoms with Crippen LogP contribution in [0.4, 0.5) is 10.1 Å². The van der Waals surface area contributed by atoms with Crippen LogP contribution < -0.4 is 10.6 Å². The van der Waals surface area contributed by atoms with Gasteiger partial charge >= 0.3 is 0 Å². The Morgan fingerprint density at radius 2 is 1.91 bits per heavy atom. The number of hydrogen-bond donors (Lipinski definition) is 2. The number of carbonyl (C=O) groups is 1. The summed E-state index contributed by atoms with van der Waals surface area (Å²) in [4.78, 5) is 12.7. The molecule has 3 rings (SSSR count). The van der Waals surface area contributed by atoms with Crippen molar-refractivity contribution >= 4 is 11.6 Å². The van der Waals surface area contributed by atoms with Gasteiger partial charge in [-0.05, 0) is 49.6 Å². The van der Waals surface area contributed by atoms with E-state index in [4.69, 9.17) is 0 Å². The standard InChI is InChI=1S/C19H21FN2O/c1-19(2,14-6-4-3-5-7-14)18(23)22-16-9-8-13-12-21-11-10-15(13)17(16)20/h3-9,21H,10-12H2,1-2H3,(H,22,23). The number of nitrogens with one attached hydrogen (secondary N) is 2. The highest BCUT2D eigenvalue weighted by atomic mass is 19.1. The van der Waals surface area contributed by atoms with Crippen LogP contribution in [0.15, 0.2) is 42.5 Å². The normalized spacial score (nSPS) is 14.2. The molecule has 0 aliphatic carbocycles. The molecule has 0 atom stereocenters. The number of carbonyl (C=O) groups excluding carboxylic acids is 1. The van der Waals surface area contributed by atoms with Crippen molar-refractivity contribution in [2.75, 3.05) is 11.9 Å². The third kappa shape index (κ3) is 2.99. The van der Waals surface area contributed by atoms with Crippen molar-refractivity contribution in [3.63, 3.8) is 0 Å². The minimum absolute atomic E-state index is 0.212. The molecule has 1 aliphatic rings. The first-order valence-electron chi connectivity index (χ1n) is 7.88. The zero-order chi connectivity index (χ0) is 16.4. The topological polar surface area (TPSA) is 41.1 Å². The van der Waals surface area contributed by atoms with Gasteiger partial charge < -0.3 is 10.6 Å². The predicted octanol–water partition coefficient (Wildman–Crippen LogP) is 3.39. The molecule has 2 aromatic carbocycles. The van der Waals surface area contributed by atoms with Crippen LogP contribution in [0.25, 0.3) is 0 Å². The third-order valence-electron chi connectivity index (χ3n) is 4.52. The van der Waals surface area contributed by atoms with Gasteiger partial charge in [-0.15, -0.1) is 0 Å². The Morgan fingerprint density at radius 1 is 1.17 bits per heavy atom. The Hall–Kier alpha value is -2.20. The average Bonchev–Trinajstić information content (AvgIpc) is 2.58. The number of benzene rings is 2. The zero-order valence-corrected chi connectivity index (χ0v) is 13.4. The largest absolute Gasteiger partial charge is 0.323 e. The van der Waals surface area contributed by atoms with Gasteiger partial charge in [0.25, 0.3) is 0 Å². The maximum atomic E-state index is 14.7. The summed E-state index contributed by atoms with van der Waals surface area (Å²) in [5.74, 6) is -0.516. The van der Waals surface area contributed by atoms with E-state index in [1.165, 1.54) is 0 Å². The second-order valence-corrected chi connectivity index (χ2v) is 6.44. The molecule has 0 saturated carbocycles. The summed E-state index contributed by atoms with van der Waals surface area (Å²) in [6, 6.07) is 13.1. The highest BCUT2D eigenvalue weighted by molar-refractivity contribution is 5.98. The molecule has 1 heterocycles. The lowest BCUT2D eigenvalue weighted by atomic mass is 9.83. The van der Waals surface area contributed by atoms with E-state index in [0.717, 1.165) is 17.7 Å². The smallest absolute Gasteiger partial charge is 0.234 e. The minimum Gasteiger partial charge on any atom is -0.323 e. The maximum absolute atomic E-state index is 14.7. The fraction of sp³-hybridized carbons (Fsp3) is 0.316. The van der Waals surface area contributed by atoms with Crippen molar-refractivity contribution in [1.29, 1.82) is 0 Å². The van der Waals surface area contributed by atoms with Crippen molar-refractivity contribution in [3.8, 4) is 0 Å². The summed E-state index contributed by atoms with van der Waals surface area (Å²) < 4.78 is 14.7. The monoisotopic (exact) mass is 312 g/mol. The van der Waals surface area contributed by atoms with E-state index in [1.54, 1.807) is 6.07 Å². The van der Waals surface area contributed by atoms with E-state index in [9.17, 15) is 9.18 Å². The number of anilines is 1. The van der Waals surface area contributed by atoms with Gasteiger partial charge in [-0.3, -0.25) is 4.79 Å². The van der Waals surface area contributed by atoms with Crippen LogP contribution in [0.3, 0.4) is 0 Å². The molecule has 0 bridgehead atoms. The average molecular weight is 312 g/mol. The molecular weight excluding hydrogens is 291 g/mol. The van der Waals surface area contributed by atoms with Crippen molar-refractivity contribution in [1.82, 2.24) is 5.32 Å². The van der Waals surface area contributed by atoms with E-state index in [1.807, 2.05) is 50.2 Å². The van der Waals surface area contributed by atoms with Crippen molar-refractivity contribution in [2.24, 2.45) is 0 Å². The minimum atomic E-state index is -0.731. The van der Waals surface area contributed by atoms with E-state index >= 15 is 0 Å². The maximum Gasteiger partial charge on any atom is 0.234 e. The summed E-state index contributed by atoms with van der Waals surface area (Å²) in [7, 11) is 0. The molecule has 1 aliphatic heterocycles. The van der Waals surface area contributed by atoms with Crippen molar-refractivity contribution in [2.45, 2.75) is 32.2 Å². The molecule has 0 unspecified atom stereocenters. The van der Waals surface area contributed by atoms with Crippen LogP contribution >= 0.6 is 0 Å². The molecule has 0 saturated heterocycles. The molecule has 0 aromatic heterocycles. The van der Waals surface area contributed by atoms with Crippen LogP contribution in [0, 0.1) is 5.82 Å². The Labute approximate surface area is 135 Å². The van der Waals surface area contributed by atoms with Crippen LogP contribution in [0.2, 0.25) is 0 Å². The van der Waals surface area contributed by atoms with Gasteiger partial charge in [0.05, 0.1) is 11.1 Å². The summed E-state index contributed by atoms with van der Waals surface area (Å²) in [5.41, 5.74) is 2.11. The second-order valence-electron chi connectivity index (χ2n) is 6.44. The summed E-state index contributed by atoms with van der Waals surface area (Å²) in [6.45, 7) is 5.13. The first kappa shape index (κ1) is 15.7. The lowest BCUT2D eigenvalue weighted by Gasteiger charge is -2.25. The van der Waals surface area contributed by atoms with Crippen LogP contribution in [-0.4, -0.2) is 12.5 Å². The van der Waals surface area contributed by atoms with Crippen molar-refractivity contribution < 1.29 is 9.18 Å². The second kappa shape index (κ2) is 6.13. The van der Waals surface area contributed by atoms with E-state index < -0.39 is 5.41 Å². The molecule has 4 heteroatoms. The first-order chi connectivity index (χ1) is 11.0. The van der Waals surface area contributed by atoms with Gasteiger partial charge in [-0.1, -0.05) is 36.4 Å². The molecule has 0 fully saturated rings. The predicted molar refractivity (Wildman–Crippen MR) is 89.9 cm³/mol. The molecule has 0 spiro atoms. The quantitative estimate of drug-likeness (QED) is 0.912. The molecule has 23 heavy (non-hydrogen) atoms. The highest BCUT2D eigenvalue weighted by Crippen LogP contribution is 2.28. The Morgan fingerprint density at radius 3 is 2.65 bits per heavy atom. The number of amides is 1. The Bertz CT molecular complexity index is 726. The van der Waals surface area contributed by atoms with E-state index in [2.05, 4.69) is 10.6 Å². The van der Waals surface area contributed by atoms with Gasteiger partial charge in [0.2, 0.25) is 5.91 Å². The SMILES string of the molecule is CC(C)(C(=O)Nc1ccc2c(c1F)CCNC2)c1ccccc1. The van der Waals surface area contributed by atoms with Gasteiger partial charge in [-0.25, -0.2) is 4.39 Å². The van der Waals surface area contributed by atoms with Crippen molar-refractivity contribution in [3.05, 3.63) is 65.0 Å². The molecule has 0 radical (unpaired) electrons. The molecular formula is C19H21FN2O. The Kier molecular flexibility index (Phi) is 4.18. The lowest BCUT2D eigenvalue weighted by molar-refractivity contribution is -0.120. The van der Waals surface area contributed by atoms with Gasteiger partial charge in [0, 0.05) is 6.54 Å². The number of hydrogen-bond acceptors (Lipinski definition) is 2. The molecule has 3 nitrogen and oxygen atoms in total. The summed E-state index contributed by atoms with van der Waals surface area (Å²) in [5, 5.41) is 5.98. The van der Waals surface area contributed by atoms with Gasteiger partial charge in [0.15, 0.2) is 0 Å². The van der Waals surface area contributed by atoms with Gasteiger partial charge in [0.1, 0.15) is 5.82 Å². The molecule has 120 valence electrons. The third-order valence-corrected chi connectivity index (χ3v) is 4.52. The van der Waals surface area contributed by atoms with Crippen LogP contribution in [-0.2, 0) is 23.2 Å². The first-order valence-corrected chi connectivity index (χ1v) is 7.88. The fourth-order valence-electron chi connectivity index (χ4n) is 2.89. The lowest BCUT2D eigenvalue weighted by Crippen LogP contribution is -2.35. The van der Waals surface area contributed by atoms with Crippen LogP contribution in [0.5, 0.6) is 0 Å². The number of rotatable bonds is 3. The summed E-state index contributed by atoms with van der Waals surface area (Å²) in [6.07, 6.45) is 0.646.